The van der Waals surface area contributed by atoms with Crippen LogP contribution in [0.3, 0.4) is 0 Å². The minimum Gasteiger partial charge on any atom is -0.497 e. The van der Waals surface area contributed by atoms with Gasteiger partial charge in [-0.1, -0.05) is 26.0 Å². The number of rotatable bonds is 9. The topological polar surface area (TPSA) is 194 Å². The number of allylic oxidation sites excluding steroid dienone is 1. The van der Waals surface area contributed by atoms with Crippen LogP contribution in [0.5, 0.6) is 17.5 Å². The van der Waals surface area contributed by atoms with Gasteiger partial charge in [-0.05, 0) is 108 Å². The molecule has 1 aromatic carbocycles. The van der Waals surface area contributed by atoms with Gasteiger partial charge in [0, 0.05) is 23.3 Å². The number of carbonyl (C=O) groups is 4. The van der Waals surface area contributed by atoms with Gasteiger partial charge in [0.1, 0.15) is 35.0 Å². The lowest BCUT2D eigenvalue weighted by atomic mass is 9.85. The first-order chi connectivity index (χ1) is 28.2. The molecule has 1 aromatic heterocycles. The van der Waals surface area contributed by atoms with Crippen molar-refractivity contribution in [1.82, 2.24) is 24.8 Å². The number of methoxy groups -OCH3 is 1. The van der Waals surface area contributed by atoms with Gasteiger partial charge >= 0.3 is 6.09 Å². The number of ether oxygens (including phenoxy) is 3. The number of benzene rings is 1. The van der Waals surface area contributed by atoms with E-state index in [1.54, 1.807) is 39.2 Å². The molecule has 1 saturated heterocycles. The summed E-state index contributed by atoms with van der Waals surface area (Å²) in [5.41, 5.74) is -3.12. The van der Waals surface area contributed by atoms with E-state index >= 15 is 4.79 Å². The van der Waals surface area contributed by atoms with E-state index in [0.29, 0.717) is 67.0 Å². The number of amides is 4. The Morgan fingerprint density at radius 3 is 2.57 bits per heavy atom. The lowest BCUT2D eigenvalue weighted by molar-refractivity contribution is -0.149. The van der Waals surface area contributed by atoms with Crippen molar-refractivity contribution >= 4 is 44.6 Å². The first-order valence-corrected chi connectivity index (χ1v) is 22.2. The minimum absolute atomic E-state index is 0.0903. The number of nitrogens with one attached hydrogen (secondary N) is 2. The molecule has 4 amide bonds. The zero-order valence-corrected chi connectivity index (χ0v) is 35.7. The maximum absolute atomic E-state index is 15.1. The molecule has 7 atom stereocenters. The number of carboxylic acid groups (broad SMARTS) is 1. The van der Waals surface area contributed by atoms with Crippen LogP contribution in [-0.2, 0) is 30.8 Å². The SMILES string of the molecule is COc1ccc2c(O[C@@H]3C[C@H]4C(=O)N[C@]5(C(=O)NS(=O)(=O)C6(C)CC6)C[C@H]5/C=C\CC[C@H](C)C[C@@H](C)[C@H](N(C(=O)O)C(C)(C)C(F)F)C(=O)N4C3)nc3c(c2c1)CCCO3. The second-order valence-corrected chi connectivity index (χ2v) is 20.3. The molecule has 15 nitrogen and oxygen atoms in total. The molecule has 3 N–H and O–H groups in total. The fraction of sp³-hybridized carbons (Fsp3) is 0.643. The molecule has 7 rings (SSSR count). The molecule has 2 aliphatic carbocycles. The Kier molecular flexibility index (Phi) is 11.5. The van der Waals surface area contributed by atoms with Crippen LogP contribution in [0, 0.1) is 17.8 Å². The van der Waals surface area contributed by atoms with Crippen molar-refractivity contribution in [2.24, 2.45) is 17.8 Å². The summed E-state index contributed by atoms with van der Waals surface area (Å²) >= 11 is 0. The molecule has 3 fully saturated rings. The van der Waals surface area contributed by atoms with E-state index in [-0.39, 0.29) is 31.2 Å². The molecule has 0 radical (unpaired) electrons. The Balaban J connectivity index is 1.30. The molecule has 328 valence electrons. The smallest absolute Gasteiger partial charge is 0.408 e. The average molecular weight is 860 g/mol. The van der Waals surface area contributed by atoms with E-state index in [1.165, 1.54) is 0 Å². The van der Waals surface area contributed by atoms with E-state index in [1.807, 2.05) is 19.1 Å². The minimum atomic E-state index is -4.10. The Hall–Kier alpha value is -4.74. The number of aromatic nitrogens is 1. The normalized spacial score (nSPS) is 29.7. The zero-order chi connectivity index (χ0) is 43.5. The maximum atomic E-state index is 15.1. The van der Waals surface area contributed by atoms with Crippen LogP contribution in [-0.4, -0.2) is 113 Å². The monoisotopic (exact) mass is 859 g/mol. The second kappa shape index (κ2) is 15.9. The van der Waals surface area contributed by atoms with Gasteiger partial charge in [-0.3, -0.25) is 24.0 Å². The van der Waals surface area contributed by atoms with Crippen molar-refractivity contribution in [3.05, 3.63) is 35.9 Å². The number of aryl methyl sites for hydroxylation is 1. The molecule has 3 aliphatic heterocycles. The van der Waals surface area contributed by atoms with Crippen molar-refractivity contribution in [3.8, 4) is 17.5 Å². The zero-order valence-electron chi connectivity index (χ0n) is 34.8. The number of hydrogen-bond acceptors (Lipinski definition) is 10. The molecular formula is C42H55F2N5O10S. The molecule has 2 saturated carbocycles. The number of pyridine rings is 1. The third-order valence-electron chi connectivity index (χ3n) is 13.2. The van der Waals surface area contributed by atoms with E-state index in [0.717, 1.165) is 36.1 Å². The Morgan fingerprint density at radius 2 is 1.90 bits per heavy atom. The largest absolute Gasteiger partial charge is 0.497 e. The Labute approximate surface area is 348 Å². The van der Waals surface area contributed by atoms with Crippen LogP contribution in [0.1, 0.15) is 91.5 Å². The molecule has 18 heteroatoms. The van der Waals surface area contributed by atoms with Crippen molar-refractivity contribution in [1.29, 1.82) is 0 Å². The van der Waals surface area contributed by atoms with Crippen molar-refractivity contribution in [2.45, 2.75) is 133 Å². The van der Waals surface area contributed by atoms with E-state index < -0.39 is 86.1 Å². The third-order valence-corrected chi connectivity index (χ3v) is 15.3. The number of hydrogen-bond donors (Lipinski definition) is 3. The number of sulfonamides is 1. The number of fused-ring (bicyclic) bond motifs is 5. The van der Waals surface area contributed by atoms with Gasteiger partial charge in [0.15, 0.2) is 0 Å². The van der Waals surface area contributed by atoms with Crippen LogP contribution in [0.2, 0.25) is 0 Å². The van der Waals surface area contributed by atoms with Crippen molar-refractivity contribution in [2.75, 3.05) is 20.3 Å². The van der Waals surface area contributed by atoms with Gasteiger partial charge in [0.25, 0.3) is 12.3 Å². The van der Waals surface area contributed by atoms with Gasteiger partial charge in [-0.15, -0.1) is 0 Å². The number of nitrogens with zero attached hydrogens (tertiary/aromatic N) is 3. The van der Waals surface area contributed by atoms with Crippen LogP contribution in [0.4, 0.5) is 13.6 Å². The molecule has 60 heavy (non-hydrogen) atoms. The molecule has 4 heterocycles. The summed E-state index contributed by atoms with van der Waals surface area (Å²) in [5, 5.41) is 14.8. The highest BCUT2D eigenvalue weighted by atomic mass is 32.2. The van der Waals surface area contributed by atoms with Crippen LogP contribution in [0.25, 0.3) is 10.8 Å². The summed E-state index contributed by atoms with van der Waals surface area (Å²) in [7, 11) is -2.55. The highest BCUT2D eigenvalue weighted by Gasteiger charge is 2.63. The first kappa shape index (κ1) is 43.4. The summed E-state index contributed by atoms with van der Waals surface area (Å²) in [4.78, 5) is 63.3. The molecule has 0 unspecified atom stereocenters. The van der Waals surface area contributed by atoms with E-state index in [9.17, 15) is 36.7 Å². The summed E-state index contributed by atoms with van der Waals surface area (Å²) in [6.45, 7) is 7.40. The lowest BCUT2D eigenvalue weighted by Gasteiger charge is -2.44. The summed E-state index contributed by atoms with van der Waals surface area (Å²) in [6.07, 6.45) is 1.34. The van der Waals surface area contributed by atoms with E-state index in [2.05, 4.69) is 10.0 Å². The summed E-state index contributed by atoms with van der Waals surface area (Å²) in [6, 6.07) is 2.34. The quantitative estimate of drug-likeness (QED) is 0.281. The van der Waals surface area contributed by atoms with Gasteiger partial charge in [-0.25, -0.2) is 22.0 Å². The summed E-state index contributed by atoms with van der Waals surface area (Å²) in [5.74, 6) is -2.92. The van der Waals surface area contributed by atoms with Crippen molar-refractivity contribution in [3.63, 3.8) is 0 Å². The molecule has 0 bridgehead atoms. The average Bonchev–Trinajstić information content (AvgIpc) is 4.07. The fourth-order valence-corrected chi connectivity index (χ4v) is 10.3. The highest BCUT2D eigenvalue weighted by Crippen LogP contribution is 2.48. The highest BCUT2D eigenvalue weighted by molar-refractivity contribution is 7.91. The van der Waals surface area contributed by atoms with Gasteiger partial charge in [0.2, 0.25) is 33.6 Å². The van der Waals surface area contributed by atoms with Crippen LogP contribution >= 0.6 is 0 Å². The fourth-order valence-electron chi connectivity index (χ4n) is 9.02. The van der Waals surface area contributed by atoms with Gasteiger partial charge < -0.3 is 29.5 Å². The maximum Gasteiger partial charge on any atom is 0.408 e. The van der Waals surface area contributed by atoms with Gasteiger partial charge in [-0.2, -0.15) is 4.98 Å². The van der Waals surface area contributed by atoms with E-state index in [4.69, 9.17) is 19.2 Å². The van der Waals surface area contributed by atoms with Crippen LogP contribution < -0.4 is 24.2 Å². The number of halogens is 2. The first-order valence-electron chi connectivity index (χ1n) is 20.7. The standard InChI is InChI=1S/C42H55F2N5O10S/c1-23-10-7-8-11-25-21-42(25,38(52)47-60(55,56)41(5)15-16-41)46-33(50)31-20-27(22-48(31)36(51)32(24(2)18-23)49(39(53)54)40(3,4)37(43)44)59-35-29-14-13-26(57-6)19-30(29)28-12-9-17-58-34(28)45-35/h8,11,13-14,19,23-25,27,31-32,37H,7,9-10,12,15-18,20-22H2,1-6H3,(H,46,50)(H,47,52)(H,53,54)/b11-8-/t23-,24+,25+,27+,31-,32-,42+/m0/s1. The molecular weight excluding hydrogens is 805 g/mol. The number of alkyl halides is 2. The van der Waals surface area contributed by atoms with Crippen molar-refractivity contribution < 1.29 is 55.7 Å². The summed E-state index contributed by atoms with van der Waals surface area (Å²) < 4.78 is 75.1. The van der Waals surface area contributed by atoms with Gasteiger partial charge in [0.05, 0.1) is 25.0 Å². The molecule has 2 aromatic rings. The lowest BCUT2D eigenvalue weighted by Crippen LogP contribution is -2.64. The Morgan fingerprint density at radius 1 is 1.17 bits per heavy atom. The predicted molar refractivity (Wildman–Crippen MR) is 215 cm³/mol. The number of carbonyl (C=O) groups excluding carboxylic acids is 3. The molecule has 5 aliphatic rings. The Bertz CT molecular complexity index is 2200. The predicted octanol–water partition coefficient (Wildman–Crippen LogP) is 5.19. The van der Waals surface area contributed by atoms with Crippen LogP contribution in [0.15, 0.2) is 30.4 Å². The second-order valence-electron chi connectivity index (χ2n) is 18.1. The third kappa shape index (κ3) is 7.95. The molecule has 0 spiro atoms.